The van der Waals surface area contributed by atoms with Gasteiger partial charge in [0.05, 0.1) is 6.10 Å². The summed E-state index contributed by atoms with van der Waals surface area (Å²) in [5.74, 6) is -0.00604. The van der Waals surface area contributed by atoms with Gasteiger partial charge in [0, 0.05) is 37.5 Å². The average molecular weight is 274 g/mol. The Bertz CT molecular complexity index is 446. The lowest BCUT2D eigenvalue weighted by Crippen LogP contribution is -2.31. The fourth-order valence-electron chi connectivity index (χ4n) is 2.91. The van der Waals surface area contributed by atoms with E-state index in [0.717, 1.165) is 38.1 Å². The van der Waals surface area contributed by atoms with Crippen LogP contribution in [0, 0.1) is 0 Å². The molecular weight excluding hydrogens is 252 g/mol. The zero-order chi connectivity index (χ0) is 13.8. The summed E-state index contributed by atoms with van der Waals surface area (Å²) in [6.07, 6.45) is 4.88. The molecule has 0 saturated carbocycles. The molecule has 1 aromatic carbocycles. The number of carbonyl (C=O) groups is 1. The van der Waals surface area contributed by atoms with E-state index in [4.69, 9.17) is 4.74 Å². The molecule has 3 rings (SSSR count). The molecule has 0 bridgehead atoms. The van der Waals surface area contributed by atoms with Crippen molar-refractivity contribution in [3.05, 3.63) is 29.8 Å². The summed E-state index contributed by atoms with van der Waals surface area (Å²) in [6, 6.07) is 7.93. The first-order valence-electron chi connectivity index (χ1n) is 7.58. The van der Waals surface area contributed by atoms with E-state index in [2.05, 4.69) is 10.2 Å². The Hall–Kier alpha value is -1.55. The van der Waals surface area contributed by atoms with Crippen molar-refractivity contribution in [3.8, 4) is 0 Å². The topological polar surface area (TPSA) is 41.6 Å². The summed E-state index contributed by atoms with van der Waals surface area (Å²) in [5.41, 5.74) is 1.95. The molecule has 1 N–H and O–H groups in total. The minimum Gasteiger partial charge on any atom is -0.376 e. The van der Waals surface area contributed by atoms with Crippen molar-refractivity contribution < 1.29 is 9.53 Å². The molecule has 0 radical (unpaired) electrons. The van der Waals surface area contributed by atoms with Gasteiger partial charge in [-0.3, -0.25) is 4.79 Å². The molecule has 2 aliphatic heterocycles. The van der Waals surface area contributed by atoms with Gasteiger partial charge < -0.3 is 15.0 Å². The van der Waals surface area contributed by atoms with Gasteiger partial charge in [-0.05, 0) is 49.9 Å². The van der Waals surface area contributed by atoms with Crippen LogP contribution < -0.4 is 10.2 Å². The van der Waals surface area contributed by atoms with E-state index in [9.17, 15) is 4.79 Å². The van der Waals surface area contributed by atoms with Gasteiger partial charge in [0.1, 0.15) is 0 Å². The normalized spacial score (nSPS) is 22.2. The number of hydrogen-bond donors (Lipinski definition) is 1. The Morgan fingerprint density at radius 2 is 1.95 bits per heavy atom. The Kier molecular flexibility index (Phi) is 4.21. The second-order valence-corrected chi connectivity index (χ2v) is 5.59. The molecule has 1 unspecified atom stereocenters. The molecular formula is C16H22N2O2. The summed E-state index contributed by atoms with van der Waals surface area (Å²) < 4.78 is 5.50. The van der Waals surface area contributed by atoms with Crippen molar-refractivity contribution in [1.82, 2.24) is 5.32 Å². The maximum Gasteiger partial charge on any atom is 0.251 e. The number of anilines is 1. The number of nitrogens with one attached hydrogen (secondary N) is 1. The molecule has 4 nitrogen and oxygen atoms in total. The summed E-state index contributed by atoms with van der Waals surface area (Å²) in [7, 11) is 0. The second-order valence-electron chi connectivity index (χ2n) is 5.59. The van der Waals surface area contributed by atoms with E-state index in [1.165, 1.54) is 18.5 Å². The lowest BCUT2D eigenvalue weighted by atomic mass is 10.1. The molecule has 4 heteroatoms. The van der Waals surface area contributed by atoms with Crippen molar-refractivity contribution in [2.45, 2.75) is 31.8 Å². The van der Waals surface area contributed by atoms with E-state index in [-0.39, 0.29) is 12.0 Å². The van der Waals surface area contributed by atoms with Crippen LogP contribution in [0.1, 0.15) is 36.0 Å². The van der Waals surface area contributed by atoms with Crippen LogP contribution in [0.2, 0.25) is 0 Å². The van der Waals surface area contributed by atoms with Gasteiger partial charge in [-0.25, -0.2) is 0 Å². The van der Waals surface area contributed by atoms with Gasteiger partial charge in [0.25, 0.3) is 5.91 Å². The number of amides is 1. The number of nitrogens with zero attached hydrogens (tertiary/aromatic N) is 1. The lowest BCUT2D eigenvalue weighted by molar-refractivity contribution is 0.0858. The number of benzene rings is 1. The second kappa shape index (κ2) is 6.27. The van der Waals surface area contributed by atoms with Crippen LogP contribution in [0.5, 0.6) is 0 Å². The van der Waals surface area contributed by atoms with E-state index in [1.54, 1.807) is 0 Å². The van der Waals surface area contributed by atoms with E-state index < -0.39 is 0 Å². The van der Waals surface area contributed by atoms with Gasteiger partial charge in [-0.15, -0.1) is 0 Å². The predicted octanol–water partition coefficient (Wildman–Crippen LogP) is 2.20. The molecule has 2 heterocycles. The summed E-state index contributed by atoms with van der Waals surface area (Å²) in [5, 5.41) is 2.95. The highest BCUT2D eigenvalue weighted by Gasteiger charge is 2.17. The van der Waals surface area contributed by atoms with Gasteiger partial charge >= 0.3 is 0 Å². The highest BCUT2D eigenvalue weighted by atomic mass is 16.5. The molecule has 0 aliphatic carbocycles. The lowest BCUT2D eigenvalue weighted by Gasteiger charge is -2.17. The fourth-order valence-corrected chi connectivity index (χ4v) is 2.91. The van der Waals surface area contributed by atoms with E-state index >= 15 is 0 Å². The molecule has 20 heavy (non-hydrogen) atoms. The van der Waals surface area contributed by atoms with Crippen LogP contribution in [-0.2, 0) is 4.74 Å². The zero-order valence-corrected chi connectivity index (χ0v) is 11.8. The van der Waals surface area contributed by atoms with E-state index in [1.807, 2.05) is 24.3 Å². The monoisotopic (exact) mass is 274 g/mol. The molecule has 1 atom stereocenters. The number of rotatable bonds is 4. The zero-order valence-electron chi connectivity index (χ0n) is 11.8. The molecule has 2 aliphatic rings. The maximum absolute atomic E-state index is 12.1. The minimum absolute atomic E-state index is 0.00604. The van der Waals surface area contributed by atoms with Crippen molar-refractivity contribution in [2.24, 2.45) is 0 Å². The van der Waals surface area contributed by atoms with Crippen molar-refractivity contribution in [3.63, 3.8) is 0 Å². The highest BCUT2D eigenvalue weighted by molar-refractivity contribution is 5.94. The number of hydrogen-bond acceptors (Lipinski definition) is 3. The molecule has 2 saturated heterocycles. The quantitative estimate of drug-likeness (QED) is 0.915. The smallest absolute Gasteiger partial charge is 0.251 e. The Balaban J connectivity index is 1.54. The predicted molar refractivity (Wildman–Crippen MR) is 79.2 cm³/mol. The third-order valence-electron chi connectivity index (χ3n) is 4.11. The fraction of sp³-hybridized carbons (Fsp3) is 0.562. The SMILES string of the molecule is O=C(NCC1CCCO1)c1ccc(N2CCCC2)cc1. The van der Waals surface area contributed by atoms with Crippen LogP contribution in [0.3, 0.4) is 0 Å². The van der Waals surface area contributed by atoms with Crippen LogP contribution in [-0.4, -0.2) is 38.3 Å². The first kappa shape index (κ1) is 13.4. The van der Waals surface area contributed by atoms with Crippen LogP contribution >= 0.6 is 0 Å². The first-order chi connectivity index (χ1) is 9.83. The Morgan fingerprint density at radius 3 is 2.60 bits per heavy atom. The van der Waals surface area contributed by atoms with Crippen LogP contribution in [0.15, 0.2) is 24.3 Å². The third kappa shape index (κ3) is 3.12. The summed E-state index contributed by atoms with van der Waals surface area (Å²) >= 11 is 0. The molecule has 0 aromatic heterocycles. The van der Waals surface area contributed by atoms with Gasteiger partial charge in [-0.1, -0.05) is 0 Å². The molecule has 108 valence electrons. The molecule has 1 aromatic rings. The van der Waals surface area contributed by atoms with E-state index in [0.29, 0.717) is 6.54 Å². The van der Waals surface area contributed by atoms with Gasteiger partial charge in [-0.2, -0.15) is 0 Å². The Labute approximate surface area is 120 Å². The van der Waals surface area contributed by atoms with Crippen LogP contribution in [0.4, 0.5) is 5.69 Å². The largest absolute Gasteiger partial charge is 0.376 e. The highest BCUT2D eigenvalue weighted by Crippen LogP contribution is 2.20. The third-order valence-corrected chi connectivity index (χ3v) is 4.11. The number of carbonyl (C=O) groups excluding carboxylic acids is 1. The maximum atomic E-state index is 12.1. The van der Waals surface area contributed by atoms with Gasteiger partial charge in [0.15, 0.2) is 0 Å². The summed E-state index contributed by atoms with van der Waals surface area (Å²) in [4.78, 5) is 14.4. The minimum atomic E-state index is -0.00604. The molecule has 0 spiro atoms. The molecule has 2 fully saturated rings. The number of ether oxygens (including phenoxy) is 1. The van der Waals surface area contributed by atoms with Crippen molar-refractivity contribution in [2.75, 3.05) is 31.1 Å². The van der Waals surface area contributed by atoms with Gasteiger partial charge in [0.2, 0.25) is 0 Å². The van der Waals surface area contributed by atoms with Crippen molar-refractivity contribution in [1.29, 1.82) is 0 Å². The van der Waals surface area contributed by atoms with Crippen molar-refractivity contribution >= 4 is 11.6 Å². The summed E-state index contributed by atoms with van der Waals surface area (Å²) in [6.45, 7) is 3.70. The standard InChI is InChI=1S/C16H22N2O2/c19-16(17-12-15-4-3-11-20-15)13-5-7-14(8-6-13)18-9-1-2-10-18/h5-8,15H,1-4,9-12H2,(H,17,19). The Morgan fingerprint density at radius 1 is 1.20 bits per heavy atom. The first-order valence-corrected chi connectivity index (χ1v) is 7.58. The average Bonchev–Trinajstić information content (AvgIpc) is 3.18. The molecule has 1 amide bonds. The van der Waals surface area contributed by atoms with Crippen LogP contribution in [0.25, 0.3) is 0 Å².